The number of hydrogen-bond donors (Lipinski definition) is 2. The van der Waals surface area contributed by atoms with Crippen molar-refractivity contribution in [2.45, 2.75) is 13.0 Å². The number of halogens is 1. The van der Waals surface area contributed by atoms with Gasteiger partial charge in [0.05, 0.1) is 22.3 Å². The van der Waals surface area contributed by atoms with Crippen LogP contribution in [0.1, 0.15) is 12.5 Å². The van der Waals surface area contributed by atoms with E-state index in [2.05, 4.69) is 30.6 Å². The average Bonchev–Trinajstić information content (AvgIpc) is 2.58. The highest BCUT2D eigenvalue weighted by molar-refractivity contribution is 6.33. The summed E-state index contributed by atoms with van der Waals surface area (Å²) in [4.78, 5) is 10.9. The van der Waals surface area contributed by atoms with Crippen molar-refractivity contribution in [2.75, 3.05) is 10.6 Å². The zero-order valence-corrected chi connectivity index (χ0v) is 13.2. The molecule has 24 heavy (non-hydrogen) atoms. The van der Waals surface area contributed by atoms with Crippen molar-refractivity contribution < 1.29 is 0 Å². The Morgan fingerprint density at radius 2 is 2.12 bits per heavy atom. The zero-order valence-electron chi connectivity index (χ0n) is 12.4. The highest BCUT2D eigenvalue weighted by Crippen LogP contribution is 2.30. The minimum absolute atomic E-state index is 0.254. The summed E-state index contributed by atoms with van der Waals surface area (Å²) in [5.41, 5.74) is 9.62. The molecule has 2 aromatic rings. The number of azide groups is 1. The Morgan fingerprint density at radius 1 is 1.33 bits per heavy atom. The van der Waals surface area contributed by atoms with Gasteiger partial charge in [0.25, 0.3) is 0 Å². The van der Waals surface area contributed by atoms with Crippen LogP contribution in [0.3, 0.4) is 0 Å². The molecular weight excluding hydrogens is 330 g/mol. The summed E-state index contributed by atoms with van der Waals surface area (Å²) in [5.74, 6) is 0.692. The first-order chi connectivity index (χ1) is 11.6. The Kier molecular flexibility index (Phi) is 5.37. The topological polar surface area (TPSA) is 146 Å². The molecule has 0 aliphatic rings. The van der Waals surface area contributed by atoms with Gasteiger partial charge in [-0.05, 0) is 18.5 Å². The van der Waals surface area contributed by atoms with Gasteiger partial charge in [0, 0.05) is 29.1 Å². The van der Waals surface area contributed by atoms with Gasteiger partial charge >= 0.3 is 0 Å². The number of rotatable bonds is 5. The number of nitriles is 2. The number of anilines is 3. The maximum atomic E-state index is 8.91. The summed E-state index contributed by atoms with van der Waals surface area (Å²) >= 11 is 6.06. The van der Waals surface area contributed by atoms with Crippen molar-refractivity contribution in [3.8, 4) is 12.1 Å². The maximum Gasteiger partial charge on any atom is 0.150 e. The zero-order chi connectivity index (χ0) is 17.5. The van der Waals surface area contributed by atoms with E-state index < -0.39 is 6.04 Å². The van der Waals surface area contributed by atoms with Crippen molar-refractivity contribution >= 4 is 34.6 Å². The van der Waals surface area contributed by atoms with Crippen LogP contribution in [0, 0.1) is 22.7 Å². The van der Waals surface area contributed by atoms with Gasteiger partial charge in [-0.25, -0.2) is 9.97 Å². The Bertz CT molecular complexity index is 890. The summed E-state index contributed by atoms with van der Waals surface area (Å²) in [6.07, 6.45) is 2.73. The lowest BCUT2D eigenvalue weighted by Crippen LogP contribution is -2.12. The second-order valence-corrected chi connectivity index (χ2v) is 4.97. The third-order valence-electron chi connectivity index (χ3n) is 2.82. The van der Waals surface area contributed by atoms with Crippen LogP contribution in [-0.4, -0.2) is 16.0 Å². The van der Waals surface area contributed by atoms with Gasteiger partial charge in [-0.15, -0.1) is 0 Å². The van der Waals surface area contributed by atoms with Crippen LogP contribution in [0.15, 0.2) is 29.6 Å². The molecule has 0 fully saturated rings. The highest BCUT2D eigenvalue weighted by Gasteiger charge is 2.09. The number of hydrogen-bond acceptors (Lipinski definition) is 7. The Labute approximate surface area is 142 Å². The van der Waals surface area contributed by atoms with Gasteiger partial charge in [-0.3, -0.25) is 0 Å². The van der Waals surface area contributed by atoms with Crippen LogP contribution in [0.25, 0.3) is 10.4 Å². The molecule has 1 unspecified atom stereocenters. The van der Waals surface area contributed by atoms with E-state index in [4.69, 9.17) is 27.7 Å². The fourth-order valence-corrected chi connectivity index (χ4v) is 1.95. The van der Waals surface area contributed by atoms with Crippen molar-refractivity contribution in [1.82, 2.24) is 9.97 Å². The summed E-state index contributed by atoms with van der Waals surface area (Å²) in [7, 11) is 0. The summed E-state index contributed by atoms with van der Waals surface area (Å²) in [5, 5.41) is 27.3. The summed E-state index contributed by atoms with van der Waals surface area (Å²) in [6, 6.07) is 6.51. The largest absolute Gasteiger partial charge is 0.370 e. The van der Waals surface area contributed by atoms with E-state index in [-0.39, 0.29) is 10.7 Å². The van der Waals surface area contributed by atoms with Crippen LogP contribution in [-0.2, 0) is 0 Å². The first-order valence-electron chi connectivity index (χ1n) is 6.61. The van der Waals surface area contributed by atoms with Gasteiger partial charge in [-0.2, -0.15) is 10.5 Å². The van der Waals surface area contributed by atoms with Gasteiger partial charge in [0.15, 0.2) is 0 Å². The standard InChI is InChI=1S/C14H10ClN9/c1-8(4-16)21-11-3-13(19-7-12(11)23-24-18)22-14-10(15)2-9(5-17)6-20-14/h2-3,6-8H,1H3,(H2,19,20,21,22). The fraction of sp³-hybridized carbons (Fsp3) is 0.143. The van der Waals surface area contributed by atoms with E-state index in [0.717, 1.165) is 0 Å². The Morgan fingerprint density at radius 3 is 2.75 bits per heavy atom. The molecule has 2 heterocycles. The Balaban J connectivity index is 2.34. The molecule has 0 saturated carbocycles. The van der Waals surface area contributed by atoms with E-state index >= 15 is 0 Å². The number of aromatic nitrogens is 2. The molecule has 0 spiro atoms. The molecule has 118 valence electrons. The molecule has 0 saturated heterocycles. The van der Waals surface area contributed by atoms with E-state index in [1.165, 1.54) is 18.5 Å². The number of nitrogens with zero attached hydrogens (tertiary/aromatic N) is 7. The maximum absolute atomic E-state index is 8.91. The normalized spacial score (nSPS) is 10.7. The molecule has 0 amide bonds. The predicted octanol–water partition coefficient (Wildman–Crippen LogP) is 4.01. The lowest BCUT2D eigenvalue weighted by Gasteiger charge is -2.13. The molecule has 0 aliphatic heterocycles. The number of nitrogens with one attached hydrogen (secondary N) is 2. The molecule has 1 atom stereocenters. The second kappa shape index (κ2) is 7.65. The molecule has 2 rings (SSSR count). The third-order valence-corrected chi connectivity index (χ3v) is 3.11. The molecule has 9 nitrogen and oxygen atoms in total. The minimum atomic E-state index is -0.496. The molecule has 2 N–H and O–H groups in total. The smallest absolute Gasteiger partial charge is 0.150 e. The predicted molar refractivity (Wildman–Crippen MR) is 89.0 cm³/mol. The molecule has 0 aromatic carbocycles. The minimum Gasteiger partial charge on any atom is -0.370 e. The molecule has 0 bridgehead atoms. The molecule has 2 aromatic heterocycles. The molecular formula is C14H10ClN9. The van der Waals surface area contributed by atoms with E-state index in [1.54, 1.807) is 13.0 Å². The lowest BCUT2D eigenvalue weighted by atomic mass is 10.3. The van der Waals surface area contributed by atoms with Gasteiger partial charge in [-0.1, -0.05) is 16.7 Å². The van der Waals surface area contributed by atoms with E-state index in [9.17, 15) is 0 Å². The van der Waals surface area contributed by atoms with Gasteiger partial charge < -0.3 is 10.6 Å². The van der Waals surface area contributed by atoms with Gasteiger partial charge in [0.1, 0.15) is 23.7 Å². The summed E-state index contributed by atoms with van der Waals surface area (Å²) < 4.78 is 0. The molecule has 10 heteroatoms. The average molecular weight is 340 g/mol. The first kappa shape index (κ1) is 16.8. The first-order valence-corrected chi connectivity index (χ1v) is 6.99. The van der Waals surface area contributed by atoms with Crippen molar-refractivity contribution in [1.29, 1.82) is 10.5 Å². The monoisotopic (exact) mass is 339 g/mol. The Hall–Kier alpha value is -3.52. The third kappa shape index (κ3) is 4.02. The fourth-order valence-electron chi connectivity index (χ4n) is 1.74. The van der Waals surface area contributed by atoms with Crippen LogP contribution in [0.2, 0.25) is 5.02 Å². The van der Waals surface area contributed by atoms with Crippen molar-refractivity contribution in [3.63, 3.8) is 0 Å². The summed E-state index contributed by atoms with van der Waals surface area (Å²) in [6.45, 7) is 1.66. The van der Waals surface area contributed by atoms with Crippen molar-refractivity contribution in [2.24, 2.45) is 5.11 Å². The van der Waals surface area contributed by atoms with Gasteiger partial charge in [0.2, 0.25) is 0 Å². The second-order valence-electron chi connectivity index (χ2n) is 4.56. The van der Waals surface area contributed by atoms with Crippen molar-refractivity contribution in [3.05, 3.63) is 45.6 Å². The highest BCUT2D eigenvalue weighted by atomic mass is 35.5. The lowest BCUT2D eigenvalue weighted by molar-refractivity contribution is 1.01. The van der Waals surface area contributed by atoms with E-state index in [1.807, 2.05) is 12.1 Å². The molecule has 0 radical (unpaired) electrons. The quantitative estimate of drug-likeness (QED) is 0.477. The van der Waals surface area contributed by atoms with E-state index in [0.29, 0.717) is 22.9 Å². The van der Waals surface area contributed by atoms with Crippen LogP contribution < -0.4 is 10.6 Å². The number of pyridine rings is 2. The van der Waals surface area contributed by atoms with Crippen LogP contribution >= 0.6 is 11.6 Å². The molecule has 0 aliphatic carbocycles. The van der Waals surface area contributed by atoms with Crippen LogP contribution in [0.4, 0.5) is 23.0 Å². The SMILES string of the molecule is CC(C#N)Nc1cc(Nc2ncc(C#N)cc2Cl)ncc1N=[N+]=[N-]. The van der Waals surface area contributed by atoms with Crippen LogP contribution in [0.5, 0.6) is 0 Å².